The number of nitrogens with zero attached hydrogens (tertiary/aromatic N) is 1. The van der Waals surface area contributed by atoms with Crippen molar-refractivity contribution in [3.8, 4) is 17.2 Å². The number of benzene rings is 2. The Kier molecular flexibility index (Phi) is 7.25. The van der Waals surface area contributed by atoms with Crippen LogP contribution < -0.4 is 14.2 Å². The Morgan fingerprint density at radius 3 is 2.25 bits per heavy atom. The molecule has 1 unspecified atom stereocenters. The van der Waals surface area contributed by atoms with E-state index in [0.29, 0.717) is 40.4 Å². The molecule has 0 bridgehead atoms. The quantitative estimate of drug-likeness (QED) is 0.511. The number of hydrogen-bond acceptors (Lipinski definition) is 6. The highest BCUT2D eigenvalue weighted by Gasteiger charge is 2.26. The van der Waals surface area contributed by atoms with Gasteiger partial charge in [0.1, 0.15) is 11.4 Å². The van der Waals surface area contributed by atoms with E-state index in [0.717, 1.165) is 5.56 Å². The minimum atomic E-state index is -0.485. The van der Waals surface area contributed by atoms with Gasteiger partial charge in [-0.25, -0.2) is 0 Å². The maximum Gasteiger partial charge on any atom is 0.310 e. The lowest BCUT2D eigenvalue weighted by Crippen LogP contribution is -2.37. The molecule has 0 aliphatic carbocycles. The van der Waals surface area contributed by atoms with Crippen molar-refractivity contribution in [3.63, 3.8) is 0 Å². The van der Waals surface area contributed by atoms with Gasteiger partial charge in [0.05, 0.1) is 39.9 Å². The fourth-order valence-corrected chi connectivity index (χ4v) is 3.65. The fourth-order valence-electron chi connectivity index (χ4n) is 3.65. The summed E-state index contributed by atoms with van der Waals surface area (Å²) in [7, 11) is 5.96. The summed E-state index contributed by atoms with van der Waals surface area (Å²) in [5, 5.41) is 0.689. The second-order valence-corrected chi connectivity index (χ2v) is 7.38. The van der Waals surface area contributed by atoms with Gasteiger partial charge in [-0.3, -0.25) is 9.59 Å². The van der Waals surface area contributed by atoms with E-state index in [1.807, 2.05) is 30.3 Å². The SMILES string of the molecule is COC(=O)C(C)CN(Cc1ccccc1)C(=O)c1cc2c(OC)cc(OC)c(OC)c2[nH]1. The predicted molar refractivity (Wildman–Crippen MR) is 120 cm³/mol. The number of ether oxygens (including phenoxy) is 4. The van der Waals surface area contributed by atoms with E-state index < -0.39 is 5.92 Å². The molecule has 2 aromatic carbocycles. The molecule has 3 aromatic rings. The van der Waals surface area contributed by atoms with E-state index in [-0.39, 0.29) is 18.4 Å². The first kappa shape index (κ1) is 23.0. The number of nitrogens with one attached hydrogen (secondary N) is 1. The molecule has 0 aliphatic rings. The summed E-state index contributed by atoms with van der Waals surface area (Å²) in [6.45, 7) is 2.28. The van der Waals surface area contributed by atoms with Crippen molar-refractivity contribution in [2.24, 2.45) is 5.92 Å². The van der Waals surface area contributed by atoms with Crippen LogP contribution >= 0.6 is 0 Å². The lowest BCUT2D eigenvalue weighted by Gasteiger charge is -2.25. The standard InChI is InChI=1S/C24H28N2O6/c1-15(24(28)32-5)13-26(14-16-9-7-6-8-10-16)23(27)18-11-17-19(29-2)12-20(30-3)22(31-4)21(17)25-18/h6-12,15,25H,13-14H2,1-5H3. The highest BCUT2D eigenvalue weighted by molar-refractivity contribution is 6.02. The average molecular weight is 440 g/mol. The molecular weight excluding hydrogens is 412 g/mol. The number of aromatic nitrogens is 1. The minimum Gasteiger partial charge on any atom is -0.496 e. The third-order valence-corrected chi connectivity index (χ3v) is 5.27. The normalized spacial score (nSPS) is 11.7. The molecule has 1 N–H and O–H groups in total. The summed E-state index contributed by atoms with van der Waals surface area (Å²) < 4.78 is 21.3. The van der Waals surface area contributed by atoms with Crippen LogP contribution in [0, 0.1) is 5.92 Å². The zero-order valence-corrected chi connectivity index (χ0v) is 18.9. The number of hydrogen-bond donors (Lipinski definition) is 1. The number of carbonyl (C=O) groups excluding carboxylic acids is 2. The van der Waals surface area contributed by atoms with Crippen LogP contribution in [0.15, 0.2) is 42.5 Å². The zero-order chi connectivity index (χ0) is 23.3. The topological polar surface area (TPSA) is 90.1 Å². The lowest BCUT2D eigenvalue weighted by molar-refractivity contribution is -0.145. The number of esters is 1. The second-order valence-electron chi connectivity index (χ2n) is 7.38. The molecular formula is C24H28N2O6. The van der Waals surface area contributed by atoms with Crippen LogP contribution in [-0.2, 0) is 16.1 Å². The summed E-state index contributed by atoms with van der Waals surface area (Å²) in [5.41, 5.74) is 1.89. The van der Waals surface area contributed by atoms with Gasteiger partial charge in [-0.1, -0.05) is 37.3 Å². The number of carbonyl (C=O) groups is 2. The molecule has 1 heterocycles. The fraction of sp³-hybridized carbons (Fsp3) is 0.333. The van der Waals surface area contributed by atoms with E-state index in [1.54, 1.807) is 31.1 Å². The highest BCUT2D eigenvalue weighted by atomic mass is 16.5. The maximum absolute atomic E-state index is 13.5. The Bertz CT molecular complexity index is 1090. The molecule has 170 valence electrons. The molecule has 32 heavy (non-hydrogen) atoms. The van der Waals surface area contributed by atoms with Crippen molar-refractivity contribution in [2.75, 3.05) is 35.0 Å². The van der Waals surface area contributed by atoms with Crippen molar-refractivity contribution in [1.82, 2.24) is 9.88 Å². The van der Waals surface area contributed by atoms with Crippen LogP contribution in [0.4, 0.5) is 0 Å². The van der Waals surface area contributed by atoms with Crippen LogP contribution in [0.3, 0.4) is 0 Å². The Morgan fingerprint density at radius 2 is 1.66 bits per heavy atom. The lowest BCUT2D eigenvalue weighted by atomic mass is 10.1. The summed E-state index contributed by atoms with van der Waals surface area (Å²) in [4.78, 5) is 30.3. The van der Waals surface area contributed by atoms with Crippen LogP contribution in [0.2, 0.25) is 0 Å². The van der Waals surface area contributed by atoms with Crippen LogP contribution in [0.25, 0.3) is 10.9 Å². The average Bonchev–Trinajstić information content (AvgIpc) is 3.27. The van der Waals surface area contributed by atoms with Gasteiger partial charge in [-0.15, -0.1) is 0 Å². The number of amides is 1. The molecule has 8 nitrogen and oxygen atoms in total. The Morgan fingerprint density at radius 1 is 0.969 bits per heavy atom. The van der Waals surface area contributed by atoms with Crippen LogP contribution in [-0.4, -0.2) is 56.7 Å². The summed E-state index contributed by atoms with van der Waals surface area (Å²) in [6, 6.07) is 13.0. The van der Waals surface area contributed by atoms with Gasteiger partial charge in [-0.2, -0.15) is 0 Å². The third kappa shape index (κ3) is 4.64. The molecule has 8 heteroatoms. The van der Waals surface area contributed by atoms with Crippen molar-refractivity contribution >= 4 is 22.8 Å². The van der Waals surface area contributed by atoms with Gasteiger partial charge < -0.3 is 28.8 Å². The number of H-pyrrole nitrogens is 1. The first-order valence-corrected chi connectivity index (χ1v) is 10.2. The number of methoxy groups -OCH3 is 4. The Labute approximate surface area is 187 Å². The van der Waals surface area contributed by atoms with Gasteiger partial charge in [0.25, 0.3) is 5.91 Å². The summed E-state index contributed by atoms with van der Waals surface area (Å²) >= 11 is 0. The first-order valence-electron chi connectivity index (χ1n) is 10.2. The van der Waals surface area contributed by atoms with Crippen molar-refractivity contribution in [3.05, 3.63) is 53.7 Å². The Balaban J connectivity index is 2.03. The van der Waals surface area contributed by atoms with Crippen LogP contribution in [0.5, 0.6) is 17.2 Å². The van der Waals surface area contributed by atoms with Crippen molar-refractivity contribution in [2.45, 2.75) is 13.5 Å². The molecule has 0 saturated carbocycles. The van der Waals surface area contributed by atoms with E-state index in [2.05, 4.69) is 4.98 Å². The van der Waals surface area contributed by atoms with E-state index in [9.17, 15) is 9.59 Å². The number of fused-ring (bicyclic) bond motifs is 1. The molecule has 1 atom stereocenters. The van der Waals surface area contributed by atoms with Gasteiger partial charge in [0.15, 0.2) is 11.5 Å². The molecule has 1 amide bonds. The summed E-state index contributed by atoms with van der Waals surface area (Å²) in [6.07, 6.45) is 0. The molecule has 0 radical (unpaired) electrons. The summed E-state index contributed by atoms with van der Waals surface area (Å²) in [5.74, 6) is 0.384. The van der Waals surface area contributed by atoms with E-state index in [1.165, 1.54) is 21.3 Å². The largest absolute Gasteiger partial charge is 0.496 e. The number of rotatable bonds is 9. The van der Waals surface area contributed by atoms with Crippen molar-refractivity contribution < 1.29 is 28.5 Å². The van der Waals surface area contributed by atoms with Gasteiger partial charge in [-0.05, 0) is 11.6 Å². The number of aromatic amines is 1. The highest BCUT2D eigenvalue weighted by Crippen LogP contribution is 2.41. The van der Waals surface area contributed by atoms with Gasteiger partial charge in [0, 0.05) is 24.5 Å². The first-order chi connectivity index (χ1) is 15.4. The smallest absolute Gasteiger partial charge is 0.310 e. The molecule has 0 fully saturated rings. The van der Waals surface area contributed by atoms with Gasteiger partial charge >= 0.3 is 5.97 Å². The molecule has 1 aromatic heterocycles. The zero-order valence-electron chi connectivity index (χ0n) is 18.9. The monoisotopic (exact) mass is 440 g/mol. The van der Waals surface area contributed by atoms with Gasteiger partial charge in [0.2, 0.25) is 0 Å². The predicted octanol–water partition coefficient (Wildman–Crippen LogP) is 3.65. The second kappa shape index (κ2) is 10.1. The molecule has 3 rings (SSSR count). The van der Waals surface area contributed by atoms with Crippen molar-refractivity contribution in [1.29, 1.82) is 0 Å². The Hall–Kier alpha value is -3.68. The van der Waals surface area contributed by atoms with E-state index in [4.69, 9.17) is 18.9 Å². The van der Waals surface area contributed by atoms with Crippen LogP contribution in [0.1, 0.15) is 23.0 Å². The van der Waals surface area contributed by atoms with E-state index >= 15 is 0 Å². The molecule has 0 spiro atoms. The minimum absolute atomic E-state index is 0.202. The molecule has 0 aliphatic heterocycles. The maximum atomic E-state index is 13.5. The molecule has 0 saturated heterocycles. The third-order valence-electron chi connectivity index (χ3n) is 5.27.